The van der Waals surface area contributed by atoms with Gasteiger partial charge in [0, 0.05) is 19.1 Å². The fourth-order valence-corrected chi connectivity index (χ4v) is 4.60. The number of carbonyl (C=O) groups excluding carboxylic acids is 1. The summed E-state index contributed by atoms with van der Waals surface area (Å²) in [4.78, 5) is 25.9. The van der Waals surface area contributed by atoms with E-state index in [1.165, 1.54) is 4.90 Å². The molecule has 3 aromatic rings. The minimum absolute atomic E-state index is 0.0353. The van der Waals surface area contributed by atoms with E-state index in [0.29, 0.717) is 12.8 Å². The van der Waals surface area contributed by atoms with E-state index in [-0.39, 0.29) is 19.6 Å². The molecule has 3 aromatic carbocycles. The zero-order valence-corrected chi connectivity index (χ0v) is 24.5. The Hall–Kier alpha value is -3.92. The number of hydrogen-bond acceptors (Lipinski definition) is 6. The smallest absolute Gasteiger partial charge is 0.407 e. The molecule has 0 spiro atoms. The number of rotatable bonds is 14. The molecular formula is C33H43N3O6. The van der Waals surface area contributed by atoms with Crippen molar-refractivity contribution in [1.82, 2.24) is 15.5 Å². The topological polar surface area (TPSA) is 131 Å². The molecular weight excluding hydrogens is 534 g/mol. The summed E-state index contributed by atoms with van der Waals surface area (Å²) in [5.41, 5.74) is 1.98. The number of carboxylic acid groups (broad SMARTS) is 1. The average molecular weight is 578 g/mol. The Labute approximate surface area is 248 Å². The third-order valence-corrected chi connectivity index (χ3v) is 6.71. The Kier molecular flexibility index (Phi) is 12.3. The Balaban J connectivity index is 1.74. The molecule has 226 valence electrons. The van der Waals surface area contributed by atoms with Gasteiger partial charge in [0.15, 0.2) is 0 Å². The van der Waals surface area contributed by atoms with Gasteiger partial charge >= 0.3 is 12.2 Å². The first-order valence-electron chi connectivity index (χ1n) is 14.2. The maximum Gasteiger partial charge on any atom is 0.407 e. The van der Waals surface area contributed by atoms with Crippen molar-refractivity contribution in [3.05, 3.63) is 108 Å². The first-order valence-corrected chi connectivity index (χ1v) is 14.2. The number of ether oxygens (including phenoxy) is 1. The summed E-state index contributed by atoms with van der Waals surface area (Å²) < 4.78 is 5.43. The van der Waals surface area contributed by atoms with E-state index in [1.807, 2.05) is 91.0 Å². The molecule has 9 nitrogen and oxygen atoms in total. The van der Waals surface area contributed by atoms with Gasteiger partial charge in [0.1, 0.15) is 5.60 Å². The minimum Gasteiger partial charge on any atom is -0.465 e. The zero-order valence-electron chi connectivity index (χ0n) is 24.5. The number of amides is 2. The molecule has 0 heterocycles. The van der Waals surface area contributed by atoms with Crippen LogP contribution in [0, 0.1) is 0 Å². The van der Waals surface area contributed by atoms with Crippen molar-refractivity contribution < 1.29 is 29.6 Å². The number of hydrogen-bond donors (Lipinski definition) is 5. The van der Waals surface area contributed by atoms with Crippen molar-refractivity contribution in [3.63, 3.8) is 0 Å². The van der Waals surface area contributed by atoms with Gasteiger partial charge in [0.05, 0.1) is 24.8 Å². The van der Waals surface area contributed by atoms with E-state index in [9.17, 15) is 24.9 Å². The van der Waals surface area contributed by atoms with Gasteiger partial charge in [-0.2, -0.15) is 0 Å². The molecule has 42 heavy (non-hydrogen) atoms. The van der Waals surface area contributed by atoms with Crippen LogP contribution in [0.1, 0.15) is 37.5 Å². The summed E-state index contributed by atoms with van der Waals surface area (Å²) in [6, 6.07) is 27.0. The van der Waals surface area contributed by atoms with E-state index >= 15 is 0 Å². The van der Waals surface area contributed by atoms with Crippen LogP contribution in [-0.2, 0) is 24.1 Å². The molecule has 0 aliphatic rings. The molecule has 0 saturated heterocycles. The van der Waals surface area contributed by atoms with Gasteiger partial charge in [-0.25, -0.2) is 9.59 Å². The first-order chi connectivity index (χ1) is 20.0. The van der Waals surface area contributed by atoms with E-state index in [2.05, 4.69) is 10.6 Å². The highest BCUT2D eigenvalue weighted by atomic mass is 16.6. The molecule has 0 aromatic heterocycles. The number of benzene rings is 3. The van der Waals surface area contributed by atoms with Crippen molar-refractivity contribution in [2.75, 3.05) is 13.1 Å². The predicted molar refractivity (Wildman–Crippen MR) is 162 cm³/mol. The summed E-state index contributed by atoms with van der Waals surface area (Å²) in [5, 5.41) is 38.5. The van der Waals surface area contributed by atoms with Crippen molar-refractivity contribution in [2.45, 2.75) is 70.1 Å². The number of aliphatic hydroxyl groups excluding tert-OH is 2. The van der Waals surface area contributed by atoms with Gasteiger partial charge in [0.25, 0.3) is 0 Å². The number of carbonyl (C=O) groups is 2. The first kappa shape index (κ1) is 32.6. The molecule has 0 unspecified atom stereocenters. The Morgan fingerprint density at radius 3 is 1.71 bits per heavy atom. The maximum absolute atomic E-state index is 12.6. The Bertz CT molecular complexity index is 1220. The third kappa shape index (κ3) is 11.5. The molecule has 2 amide bonds. The van der Waals surface area contributed by atoms with E-state index < -0.39 is 42.1 Å². The molecule has 0 bridgehead atoms. The number of alkyl carbamates (subject to hydrolysis) is 1. The van der Waals surface area contributed by atoms with Crippen LogP contribution >= 0.6 is 0 Å². The average Bonchev–Trinajstić information content (AvgIpc) is 2.95. The largest absolute Gasteiger partial charge is 0.465 e. The second kappa shape index (κ2) is 15.9. The SMILES string of the molecule is CC(C)(C)OC(=O)N[C@@H](Cc1ccccc1)[C@H](O)CN[C@H](Cc1ccccc1)[C@H](O)CN(Cc1ccccc1)C(=O)O. The Morgan fingerprint density at radius 1 is 0.762 bits per heavy atom. The van der Waals surface area contributed by atoms with Crippen molar-refractivity contribution >= 4 is 12.2 Å². The molecule has 0 saturated carbocycles. The maximum atomic E-state index is 12.6. The van der Waals surface area contributed by atoms with Crippen molar-refractivity contribution in [2.24, 2.45) is 0 Å². The molecule has 4 atom stereocenters. The van der Waals surface area contributed by atoms with E-state index in [1.54, 1.807) is 20.8 Å². The lowest BCUT2D eigenvalue weighted by molar-refractivity contribution is 0.0395. The van der Waals surface area contributed by atoms with Crippen molar-refractivity contribution in [3.8, 4) is 0 Å². The van der Waals surface area contributed by atoms with Crippen molar-refractivity contribution in [1.29, 1.82) is 0 Å². The van der Waals surface area contributed by atoms with Gasteiger partial charge in [0.2, 0.25) is 0 Å². The number of nitrogens with zero attached hydrogens (tertiary/aromatic N) is 1. The van der Waals surface area contributed by atoms with Crippen LogP contribution in [0.5, 0.6) is 0 Å². The summed E-state index contributed by atoms with van der Waals surface area (Å²) >= 11 is 0. The van der Waals surface area contributed by atoms with Gasteiger partial charge < -0.3 is 35.6 Å². The van der Waals surface area contributed by atoms with Crippen LogP contribution in [0.15, 0.2) is 91.0 Å². The second-order valence-electron chi connectivity index (χ2n) is 11.4. The lowest BCUT2D eigenvalue weighted by atomic mass is 9.98. The lowest BCUT2D eigenvalue weighted by Crippen LogP contribution is -2.54. The predicted octanol–water partition coefficient (Wildman–Crippen LogP) is 4.23. The van der Waals surface area contributed by atoms with Crippen LogP contribution in [0.4, 0.5) is 9.59 Å². The summed E-state index contributed by atoms with van der Waals surface area (Å²) in [7, 11) is 0. The molecule has 0 radical (unpaired) electrons. The van der Waals surface area contributed by atoms with E-state index in [4.69, 9.17) is 4.74 Å². The Morgan fingerprint density at radius 2 is 1.24 bits per heavy atom. The normalized spacial score (nSPS) is 14.3. The van der Waals surface area contributed by atoms with Crippen LogP contribution in [0.2, 0.25) is 0 Å². The molecule has 0 aliphatic heterocycles. The van der Waals surface area contributed by atoms with Crippen LogP contribution in [0.3, 0.4) is 0 Å². The highest BCUT2D eigenvalue weighted by molar-refractivity contribution is 5.68. The highest BCUT2D eigenvalue weighted by Crippen LogP contribution is 2.13. The summed E-state index contributed by atoms with van der Waals surface area (Å²) in [6.07, 6.45) is -3.14. The molecule has 9 heteroatoms. The fraction of sp³-hybridized carbons (Fsp3) is 0.394. The highest BCUT2D eigenvalue weighted by Gasteiger charge is 2.29. The summed E-state index contributed by atoms with van der Waals surface area (Å²) in [5.74, 6) is 0. The zero-order chi connectivity index (χ0) is 30.5. The quantitative estimate of drug-likeness (QED) is 0.194. The van der Waals surface area contributed by atoms with Crippen LogP contribution in [0.25, 0.3) is 0 Å². The van der Waals surface area contributed by atoms with Gasteiger partial charge in [-0.15, -0.1) is 0 Å². The summed E-state index contributed by atoms with van der Waals surface area (Å²) in [6.45, 7) is 5.34. The molecule has 5 N–H and O–H groups in total. The lowest BCUT2D eigenvalue weighted by Gasteiger charge is -2.31. The minimum atomic E-state index is -1.14. The standard InChI is InChI=1S/C33H43N3O6/c1-33(2,3)42-31(39)35-28(20-25-15-9-5-10-16-25)29(37)21-34-27(19-24-13-7-4-8-14-24)30(38)23-36(32(40)41)22-26-17-11-6-12-18-26/h4-18,27-30,34,37-38H,19-23H2,1-3H3,(H,35,39)(H,40,41)/t27-,28+,29-,30-/m1/s1. The number of nitrogens with one attached hydrogen (secondary N) is 2. The van der Waals surface area contributed by atoms with Crippen LogP contribution < -0.4 is 10.6 Å². The third-order valence-electron chi connectivity index (χ3n) is 6.71. The van der Waals surface area contributed by atoms with Gasteiger partial charge in [-0.05, 0) is 50.3 Å². The molecule has 0 fully saturated rings. The van der Waals surface area contributed by atoms with Gasteiger partial charge in [-0.1, -0.05) is 91.0 Å². The van der Waals surface area contributed by atoms with Crippen LogP contribution in [-0.4, -0.2) is 75.4 Å². The molecule has 0 aliphatic carbocycles. The van der Waals surface area contributed by atoms with E-state index in [0.717, 1.165) is 16.7 Å². The second-order valence-corrected chi connectivity index (χ2v) is 11.4. The fourth-order valence-electron chi connectivity index (χ4n) is 4.60. The number of aliphatic hydroxyl groups is 2. The molecule has 3 rings (SSSR count). The monoisotopic (exact) mass is 577 g/mol. The van der Waals surface area contributed by atoms with Gasteiger partial charge in [-0.3, -0.25) is 0 Å².